The highest BCUT2D eigenvalue weighted by molar-refractivity contribution is 14.1. The van der Waals surface area contributed by atoms with Crippen LogP contribution >= 0.6 is 45.2 Å². The number of sulfonamides is 1. The molecule has 0 aliphatic rings. The fourth-order valence-electron chi connectivity index (χ4n) is 10.7. The molecule has 0 saturated carbocycles. The Morgan fingerprint density at radius 2 is 0.735 bits per heavy atom. The minimum atomic E-state index is -3.52. The Hall–Kier alpha value is -13.3. The lowest BCUT2D eigenvalue weighted by Crippen LogP contribution is -2.45. The average Bonchev–Trinajstić information content (AvgIpc) is 0.768. The van der Waals surface area contributed by atoms with Gasteiger partial charge >= 0.3 is 29.8 Å². The van der Waals surface area contributed by atoms with Gasteiger partial charge in [0.05, 0.1) is 42.7 Å². The third-order valence-electron chi connectivity index (χ3n) is 16.9. The number of amides is 5. The quantitative estimate of drug-likeness (QED) is 0.0297. The van der Waals surface area contributed by atoms with Gasteiger partial charge in [0.25, 0.3) is 23.6 Å². The Balaban J connectivity index is 0.000000204. The van der Waals surface area contributed by atoms with Crippen molar-refractivity contribution in [2.75, 3.05) is 26.0 Å². The Morgan fingerprint density at radius 1 is 0.368 bits per heavy atom. The van der Waals surface area contributed by atoms with E-state index >= 15 is 0 Å². The van der Waals surface area contributed by atoms with Crippen LogP contribution in [0.2, 0.25) is 0 Å². The van der Waals surface area contributed by atoms with E-state index in [0.29, 0.717) is 65.4 Å². The molecule has 0 heterocycles. The number of carbonyl (C=O) groups is 10. The van der Waals surface area contributed by atoms with Gasteiger partial charge in [0.1, 0.15) is 23.3 Å². The average molecular weight is 1830 g/mol. The summed E-state index contributed by atoms with van der Waals surface area (Å²) in [6, 6.07) is 65.9. The minimum absolute atomic E-state index is 0.0674. The lowest BCUT2D eigenvalue weighted by atomic mass is 9.78. The number of carboxylic acids is 5. The first-order valence-electron chi connectivity index (χ1n) is 35.4. The van der Waals surface area contributed by atoms with Gasteiger partial charge in [-0.15, -0.1) is 0 Å². The van der Waals surface area contributed by atoms with E-state index in [1.165, 1.54) is 109 Å². The molecule has 117 heavy (non-hydrogen) atoms. The van der Waals surface area contributed by atoms with Gasteiger partial charge in [-0.2, -0.15) is 0 Å². The van der Waals surface area contributed by atoms with Crippen molar-refractivity contribution in [3.05, 3.63) is 340 Å². The number of phenolic OH excluding ortho intramolecular Hbond substituents is 3. The van der Waals surface area contributed by atoms with Crippen LogP contribution in [0.5, 0.6) is 17.2 Å². The predicted octanol–water partition coefficient (Wildman–Crippen LogP) is 16.8. The molecule has 11 aromatic carbocycles. The van der Waals surface area contributed by atoms with E-state index < -0.39 is 63.6 Å². The number of aromatic hydroxyl groups is 3. The van der Waals surface area contributed by atoms with Gasteiger partial charge in [-0.25, -0.2) is 32.4 Å². The highest BCUT2D eigenvalue weighted by Gasteiger charge is 2.29. The topological polar surface area (TPSA) is 439 Å². The molecule has 11 rings (SSSR count). The Labute approximate surface area is 701 Å². The van der Waals surface area contributed by atoms with E-state index in [0.717, 1.165) is 14.7 Å². The van der Waals surface area contributed by atoms with Gasteiger partial charge in [-0.1, -0.05) is 120 Å². The molecule has 604 valence electrons. The fraction of sp³-hybridized carbons (Fsp3) is 0.136. The van der Waals surface area contributed by atoms with Crippen LogP contribution in [0.3, 0.4) is 0 Å². The smallest absolute Gasteiger partial charge is 0.335 e. The summed E-state index contributed by atoms with van der Waals surface area (Å²) in [6.07, 6.45) is 0.206. The van der Waals surface area contributed by atoms with Crippen molar-refractivity contribution in [3.8, 4) is 17.2 Å². The van der Waals surface area contributed by atoms with Gasteiger partial charge in [-0.05, 0) is 256 Å². The van der Waals surface area contributed by atoms with Crippen LogP contribution in [0.25, 0.3) is 0 Å². The molecule has 0 unspecified atom stereocenters. The molecule has 11 aromatic rings. The van der Waals surface area contributed by atoms with Crippen LogP contribution < -0.4 is 31.3 Å². The molecule has 0 spiro atoms. The van der Waals surface area contributed by atoms with Crippen LogP contribution in [-0.2, 0) is 37.8 Å². The lowest BCUT2D eigenvalue weighted by Gasteiger charge is -2.28. The number of benzene rings is 11. The van der Waals surface area contributed by atoms with Crippen molar-refractivity contribution in [3.63, 3.8) is 0 Å². The van der Waals surface area contributed by atoms with E-state index in [-0.39, 0.29) is 85.4 Å². The van der Waals surface area contributed by atoms with E-state index in [4.69, 9.17) is 25.5 Å². The number of halogens is 2. The summed E-state index contributed by atoms with van der Waals surface area (Å²) in [6.45, 7) is 13.8. The van der Waals surface area contributed by atoms with Crippen molar-refractivity contribution >= 4 is 143 Å². The van der Waals surface area contributed by atoms with Crippen molar-refractivity contribution < 1.29 is 97.2 Å². The minimum Gasteiger partial charge on any atom is -0.508 e. The van der Waals surface area contributed by atoms with Crippen molar-refractivity contribution in [1.82, 2.24) is 5.32 Å². The summed E-state index contributed by atoms with van der Waals surface area (Å²) in [5.74, 6) is -6.84. The van der Waals surface area contributed by atoms with Crippen molar-refractivity contribution in [1.29, 1.82) is 0 Å². The summed E-state index contributed by atoms with van der Waals surface area (Å²) >= 11 is 4.04. The van der Waals surface area contributed by atoms with Gasteiger partial charge in [0.15, 0.2) is 0 Å². The number of carbonyl (C=O) groups excluding carboxylic acids is 5. The monoisotopic (exact) mass is 1830 g/mol. The molecule has 0 fully saturated rings. The molecule has 0 radical (unpaired) electrons. The molecule has 0 saturated heterocycles. The molecular formula is C88H82I2N6O20S. The zero-order valence-corrected chi connectivity index (χ0v) is 69.0. The van der Waals surface area contributed by atoms with Crippen molar-refractivity contribution in [2.24, 2.45) is 0 Å². The fourth-order valence-corrected chi connectivity index (χ4v) is 12.8. The number of aryl methyl sites for hydroxylation is 1. The summed E-state index contributed by atoms with van der Waals surface area (Å²) < 4.78 is 27.8. The first-order valence-corrected chi connectivity index (χ1v) is 39.2. The molecule has 29 heteroatoms. The summed E-state index contributed by atoms with van der Waals surface area (Å²) in [7, 11) is -3.52. The maximum atomic E-state index is 12.9. The van der Waals surface area contributed by atoms with E-state index in [2.05, 4.69) is 53.9 Å². The number of rotatable bonds is 21. The predicted molar refractivity (Wildman–Crippen MR) is 462 cm³/mol. The zero-order valence-electron chi connectivity index (χ0n) is 63.9. The van der Waals surface area contributed by atoms with Crippen LogP contribution in [0.4, 0.5) is 28.4 Å². The van der Waals surface area contributed by atoms with Crippen LogP contribution in [-0.4, -0.2) is 115 Å². The number of carboxylic acid groups (broad SMARTS) is 5. The number of anilines is 5. The Kier molecular flexibility index (Phi) is 32.4. The number of hydrogen-bond acceptors (Lipinski definition) is 15. The van der Waals surface area contributed by atoms with Gasteiger partial charge in [0.2, 0.25) is 15.9 Å². The second kappa shape index (κ2) is 41.7. The van der Waals surface area contributed by atoms with E-state index in [1.807, 2.05) is 89.3 Å². The second-order valence-electron chi connectivity index (χ2n) is 27.9. The number of phenols is 3. The third kappa shape index (κ3) is 28.1. The molecule has 5 amide bonds. The highest BCUT2D eigenvalue weighted by atomic mass is 127. The molecular weight excluding hydrogens is 1750 g/mol. The molecule has 14 N–H and O–H groups in total. The summed E-state index contributed by atoms with van der Waals surface area (Å²) in [4.78, 5) is 116. The van der Waals surface area contributed by atoms with E-state index in [1.54, 1.807) is 127 Å². The van der Waals surface area contributed by atoms with Crippen molar-refractivity contribution in [2.45, 2.75) is 77.5 Å². The molecule has 0 aliphatic heterocycles. The number of aromatic carboxylic acids is 5. The van der Waals surface area contributed by atoms with E-state index in [9.17, 15) is 71.7 Å². The van der Waals surface area contributed by atoms with Crippen LogP contribution in [0.1, 0.15) is 163 Å². The second-order valence-corrected chi connectivity index (χ2v) is 31.8. The standard InChI is InChI=1S/C23H20N2O5.C22H27NO4.C15H13NO3.C14H9I2NO4.C14H13NO4S/c26-19-12-6-15(7-13-19)14-20(25-21(27)16-4-2-1-3-5-16)22(28)24-18-10-8-17(9-11-18)23(29)30;1-21(2,3)16-11-14(12-17(18(16)24)22(4,5)6)19(25)23-15-9-7-13(8-10-15)20(26)27;1-10-4-2-3-5-13(10)14(17)16-12-8-6-11(7-9-12)15(18)19;15-10-6-5-9(12(18)11(10)16)13(19)17-8-3-1-7(2-4-8)14(20)21;16-14(17)12-6-8-13(9-7-12)15-20(18,19)10-11-4-2-1-3-5-11/h1-13,20,26H,14H2,(H,24,28)(H,25,27)(H,29,30);7-12,24H,1-6H3,(H,23,25)(H,26,27);2-9H,1H3,(H,16,17)(H,18,19);1-6,18H,(H,17,19)(H,20,21);1-9,15H,10H2,(H,16,17)/t20-;;;;/m0..../s1. The Morgan fingerprint density at radius 3 is 1.14 bits per heavy atom. The van der Waals surface area contributed by atoms with Gasteiger partial charge in [0, 0.05) is 66.2 Å². The maximum absolute atomic E-state index is 12.9. The maximum Gasteiger partial charge on any atom is 0.335 e. The number of nitrogens with one attached hydrogen (secondary N) is 6. The normalized spacial score (nSPS) is 11.0. The summed E-state index contributed by atoms with van der Waals surface area (Å²) in [5.41, 5.74) is 7.70. The van der Waals surface area contributed by atoms with Crippen LogP contribution in [0.15, 0.2) is 255 Å². The lowest BCUT2D eigenvalue weighted by molar-refractivity contribution is -0.118. The highest BCUT2D eigenvalue weighted by Crippen LogP contribution is 2.40. The first kappa shape index (κ1) is 90.9. The third-order valence-corrected chi connectivity index (χ3v) is 21.2. The van der Waals surface area contributed by atoms with Gasteiger partial charge < -0.3 is 67.4 Å². The van der Waals surface area contributed by atoms with Gasteiger partial charge in [-0.3, -0.25) is 28.7 Å². The number of hydrogen-bond donors (Lipinski definition) is 14. The Bertz CT molecular complexity index is 5480. The SMILES string of the molecule is CC(C)(C)c1cc(C(=O)Nc2ccc(C(=O)O)cc2)cc(C(C)(C)C)c1O.Cc1ccccc1C(=O)Nc1ccc(C(=O)O)cc1.O=C(O)c1ccc(NC(=O)[C@H](Cc2ccc(O)cc2)NC(=O)c2ccccc2)cc1.O=C(O)c1ccc(NC(=O)c2ccc(I)c(I)c2O)cc1.O=C(O)c1ccc(NS(=O)(=O)Cc2ccccc2)cc1. The molecule has 1 atom stereocenters. The molecule has 26 nitrogen and oxygen atoms in total. The molecule has 0 bridgehead atoms. The largest absolute Gasteiger partial charge is 0.508 e. The summed E-state index contributed by atoms with van der Waals surface area (Å²) in [5, 5.41) is 88.1. The van der Waals surface area contributed by atoms with Crippen LogP contribution in [0, 0.1) is 14.1 Å². The zero-order chi connectivity index (χ0) is 86.1. The first-order chi connectivity index (χ1) is 55.2. The molecule has 0 aliphatic carbocycles. The molecule has 0 aromatic heterocycles.